The molecule has 5 nitrogen and oxygen atoms in total. The largest absolute Gasteiger partial charge is 0.372 e. The number of anilines is 4. The van der Waals surface area contributed by atoms with Gasteiger partial charge in [-0.25, -0.2) is 9.97 Å². The predicted octanol–water partition coefficient (Wildman–Crippen LogP) is 4.44. The van der Waals surface area contributed by atoms with Crippen LogP contribution in [0.25, 0.3) is 0 Å². The molecular formula is C19H29N5. The van der Waals surface area contributed by atoms with Crippen molar-refractivity contribution in [3.63, 3.8) is 0 Å². The summed E-state index contributed by atoms with van der Waals surface area (Å²) in [5.74, 6) is 2.22. The van der Waals surface area contributed by atoms with Gasteiger partial charge in [0, 0.05) is 37.1 Å². The molecule has 0 fully saturated rings. The van der Waals surface area contributed by atoms with Crippen LogP contribution in [0.2, 0.25) is 0 Å². The molecule has 0 radical (unpaired) electrons. The molecule has 5 heteroatoms. The van der Waals surface area contributed by atoms with Gasteiger partial charge in [0.1, 0.15) is 18.0 Å². The first kappa shape index (κ1) is 18.0. The van der Waals surface area contributed by atoms with Crippen LogP contribution in [0.1, 0.15) is 33.3 Å². The Morgan fingerprint density at radius 2 is 1.75 bits per heavy atom. The van der Waals surface area contributed by atoms with Gasteiger partial charge in [0.2, 0.25) is 0 Å². The lowest BCUT2D eigenvalue weighted by Gasteiger charge is -2.22. The number of hydrogen-bond donors (Lipinski definition) is 2. The van der Waals surface area contributed by atoms with Crippen molar-refractivity contribution in [3.8, 4) is 0 Å². The normalized spacial score (nSPS) is 10.8. The SMILES string of the molecule is CCN(CC)c1ccc(Nc2cc(NCC(C)C)ncn2)c(C)c1. The van der Waals surface area contributed by atoms with E-state index in [1.807, 2.05) is 6.07 Å². The van der Waals surface area contributed by atoms with Gasteiger partial charge >= 0.3 is 0 Å². The first-order valence-corrected chi connectivity index (χ1v) is 8.72. The van der Waals surface area contributed by atoms with Gasteiger partial charge in [0.15, 0.2) is 0 Å². The van der Waals surface area contributed by atoms with E-state index in [2.05, 4.69) is 78.3 Å². The third-order valence-electron chi connectivity index (χ3n) is 3.96. The minimum Gasteiger partial charge on any atom is -0.372 e. The molecule has 0 saturated heterocycles. The van der Waals surface area contributed by atoms with E-state index < -0.39 is 0 Å². The molecule has 0 aliphatic rings. The Kier molecular flexibility index (Phi) is 6.41. The molecule has 130 valence electrons. The fraction of sp³-hybridized carbons (Fsp3) is 0.474. The minimum absolute atomic E-state index is 0.575. The van der Waals surface area contributed by atoms with Crippen LogP contribution in [0.5, 0.6) is 0 Å². The van der Waals surface area contributed by atoms with Gasteiger partial charge in [0.05, 0.1) is 0 Å². The van der Waals surface area contributed by atoms with Crippen molar-refractivity contribution in [1.82, 2.24) is 9.97 Å². The number of nitrogens with one attached hydrogen (secondary N) is 2. The third kappa shape index (κ3) is 4.85. The van der Waals surface area contributed by atoms with Crippen LogP contribution in [-0.2, 0) is 0 Å². The second kappa shape index (κ2) is 8.52. The summed E-state index contributed by atoms with van der Waals surface area (Å²) < 4.78 is 0. The quantitative estimate of drug-likeness (QED) is 0.750. The second-order valence-corrected chi connectivity index (χ2v) is 6.36. The van der Waals surface area contributed by atoms with E-state index in [0.29, 0.717) is 5.92 Å². The first-order chi connectivity index (χ1) is 11.5. The summed E-state index contributed by atoms with van der Waals surface area (Å²) in [5, 5.41) is 6.72. The molecule has 1 aromatic carbocycles. The molecule has 24 heavy (non-hydrogen) atoms. The predicted molar refractivity (Wildman–Crippen MR) is 103 cm³/mol. The van der Waals surface area contributed by atoms with Gasteiger partial charge in [-0.05, 0) is 50.5 Å². The maximum Gasteiger partial charge on any atom is 0.135 e. The molecule has 0 atom stereocenters. The average Bonchev–Trinajstić information content (AvgIpc) is 2.57. The molecule has 2 aromatic rings. The summed E-state index contributed by atoms with van der Waals surface area (Å²) in [6, 6.07) is 8.43. The van der Waals surface area contributed by atoms with Crippen molar-refractivity contribution >= 4 is 23.0 Å². The van der Waals surface area contributed by atoms with Gasteiger partial charge in [0.25, 0.3) is 0 Å². The zero-order chi connectivity index (χ0) is 17.5. The molecule has 0 saturated carbocycles. The molecular weight excluding hydrogens is 298 g/mol. The summed E-state index contributed by atoms with van der Waals surface area (Å²) in [6.45, 7) is 13.7. The molecule has 0 aliphatic heterocycles. The van der Waals surface area contributed by atoms with Crippen molar-refractivity contribution < 1.29 is 0 Å². The molecule has 2 rings (SSSR count). The smallest absolute Gasteiger partial charge is 0.135 e. The summed E-state index contributed by atoms with van der Waals surface area (Å²) in [7, 11) is 0. The monoisotopic (exact) mass is 327 g/mol. The topological polar surface area (TPSA) is 53.1 Å². The lowest BCUT2D eigenvalue weighted by molar-refractivity contribution is 0.687. The van der Waals surface area contributed by atoms with Crippen LogP contribution in [0.3, 0.4) is 0 Å². The molecule has 0 bridgehead atoms. The Bertz CT molecular complexity index is 650. The Morgan fingerprint density at radius 1 is 1.04 bits per heavy atom. The molecule has 0 spiro atoms. The molecule has 1 heterocycles. The minimum atomic E-state index is 0.575. The third-order valence-corrected chi connectivity index (χ3v) is 3.96. The van der Waals surface area contributed by atoms with Crippen LogP contribution >= 0.6 is 0 Å². The zero-order valence-electron chi connectivity index (χ0n) is 15.4. The fourth-order valence-electron chi connectivity index (χ4n) is 2.54. The number of aryl methyl sites for hydroxylation is 1. The van der Waals surface area contributed by atoms with Gasteiger partial charge in [-0.15, -0.1) is 0 Å². The van der Waals surface area contributed by atoms with E-state index in [-0.39, 0.29) is 0 Å². The zero-order valence-corrected chi connectivity index (χ0v) is 15.4. The summed E-state index contributed by atoms with van der Waals surface area (Å²) >= 11 is 0. The van der Waals surface area contributed by atoms with Crippen LogP contribution in [-0.4, -0.2) is 29.6 Å². The standard InChI is InChI=1S/C19H29N5/c1-6-24(7-2)16-8-9-17(15(5)10-16)23-19-11-18(21-13-22-19)20-12-14(3)4/h8-11,13-14H,6-7,12H2,1-5H3,(H2,20,21,22,23). The van der Waals surface area contributed by atoms with Crippen molar-refractivity contribution in [2.75, 3.05) is 35.2 Å². The molecule has 2 N–H and O–H groups in total. The number of hydrogen-bond acceptors (Lipinski definition) is 5. The van der Waals surface area contributed by atoms with Crippen LogP contribution < -0.4 is 15.5 Å². The Morgan fingerprint density at radius 3 is 2.38 bits per heavy atom. The lowest BCUT2D eigenvalue weighted by Crippen LogP contribution is -2.21. The fourth-order valence-corrected chi connectivity index (χ4v) is 2.54. The highest BCUT2D eigenvalue weighted by Gasteiger charge is 2.06. The lowest BCUT2D eigenvalue weighted by atomic mass is 10.1. The highest BCUT2D eigenvalue weighted by atomic mass is 15.1. The molecule has 0 unspecified atom stereocenters. The highest BCUT2D eigenvalue weighted by Crippen LogP contribution is 2.25. The van der Waals surface area contributed by atoms with E-state index >= 15 is 0 Å². The summed E-state index contributed by atoms with van der Waals surface area (Å²) in [5.41, 5.74) is 3.53. The van der Waals surface area contributed by atoms with E-state index in [0.717, 1.165) is 37.0 Å². The summed E-state index contributed by atoms with van der Waals surface area (Å²) in [4.78, 5) is 10.9. The van der Waals surface area contributed by atoms with Crippen molar-refractivity contribution in [2.24, 2.45) is 5.92 Å². The first-order valence-electron chi connectivity index (χ1n) is 8.72. The number of benzene rings is 1. The van der Waals surface area contributed by atoms with Crippen LogP contribution in [0, 0.1) is 12.8 Å². The van der Waals surface area contributed by atoms with E-state index in [1.165, 1.54) is 11.3 Å². The van der Waals surface area contributed by atoms with Gasteiger partial charge in [-0.2, -0.15) is 0 Å². The number of aromatic nitrogens is 2. The van der Waals surface area contributed by atoms with Crippen molar-refractivity contribution in [2.45, 2.75) is 34.6 Å². The van der Waals surface area contributed by atoms with E-state index in [9.17, 15) is 0 Å². The van der Waals surface area contributed by atoms with Gasteiger partial charge < -0.3 is 15.5 Å². The van der Waals surface area contributed by atoms with Crippen LogP contribution in [0.4, 0.5) is 23.0 Å². The maximum absolute atomic E-state index is 4.32. The molecule has 0 aliphatic carbocycles. The number of rotatable bonds is 8. The van der Waals surface area contributed by atoms with Crippen molar-refractivity contribution in [1.29, 1.82) is 0 Å². The van der Waals surface area contributed by atoms with Gasteiger partial charge in [-0.3, -0.25) is 0 Å². The van der Waals surface area contributed by atoms with E-state index in [4.69, 9.17) is 0 Å². The Hall–Kier alpha value is -2.30. The second-order valence-electron chi connectivity index (χ2n) is 6.36. The highest BCUT2D eigenvalue weighted by molar-refractivity contribution is 5.66. The average molecular weight is 327 g/mol. The summed E-state index contributed by atoms with van der Waals surface area (Å²) in [6.07, 6.45) is 1.59. The molecule has 1 aromatic heterocycles. The van der Waals surface area contributed by atoms with Gasteiger partial charge in [-0.1, -0.05) is 13.8 Å². The van der Waals surface area contributed by atoms with Crippen LogP contribution in [0.15, 0.2) is 30.6 Å². The Labute approximate surface area is 145 Å². The maximum atomic E-state index is 4.32. The van der Waals surface area contributed by atoms with E-state index in [1.54, 1.807) is 6.33 Å². The molecule has 0 amide bonds. The van der Waals surface area contributed by atoms with Crippen molar-refractivity contribution in [3.05, 3.63) is 36.2 Å². The Balaban J connectivity index is 2.12. The number of nitrogens with zero attached hydrogens (tertiary/aromatic N) is 3.